The molecule has 1 aliphatic rings. The van der Waals surface area contributed by atoms with Crippen LogP contribution in [0.1, 0.15) is 16.7 Å². The largest absolute Gasteiger partial charge is 0.489 e. The molecule has 17 heavy (non-hydrogen) atoms. The third-order valence-electron chi connectivity index (χ3n) is 2.86. The first-order valence-corrected chi connectivity index (χ1v) is 5.71. The molecule has 0 amide bonds. The van der Waals surface area contributed by atoms with E-state index in [4.69, 9.17) is 4.74 Å². The summed E-state index contributed by atoms with van der Waals surface area (Å²) in [6, 6.07) is 16.3. The van der Waals surface area contributed by atoms with Gasteiger partial charge in [0.15, 0.2) is 0 Å². The van der Waals surface area contributed by atoms with E-state index in [1.54, 1.807) is 0 Å². The minimum atomic E-state index is 0.608. The van der Waals surface area contributed by atoms with Crippen molar-refractivity contribution in [3.63, 3.8) is 0 Å². The molecule has 0 saturated heterocycles. The zero-order chi connectivity index (χ0) is 11.5. The maximum absolute atomic E-state index is 5.76. The molecule has 0 aromatic heterocycles. The lowest BCUT2D eigenvalue weighted by molar-refractivity contribution is 0.306. The van der Waals surface area contributed by atoms with Gasteiger partial charge in [0.1, 0.15) is 12.4 Å². The van der Waals surface area contributed by atoms with Gasteiger partial charge in [-0.3, -0.25) is 4.99 Å². The van der Waals surface area contributed by atoms with Gasteiger partial charge in [-0.15, -0.1) is 0 Å². The summed E-state index contributed by atoms with van der Waals surface area (Å²) >= 11 is 0. The summed E-state index contributed by atoms with van der Waals surface area (Å²) in [4.78, 5) is 4.23. The molecule has 0 atom stereocenters. The Bertz CT molecular complexity index is 546. The zero-order valence-electron chi connectivity index (χ0n) is 9.47. The Morgan fingerprint density at radius 2 is 1.94 bits per heavy atom. The summed E-state index contributed by atoms with van der Waals surface area (Å²) < 4.78 is 5.76. The minimum absolute atomic E-state index is 0.608. The smallest absolute Gasteiger partial charge is 0.120 e. The Kier molecular flexibility index (Phi) is 2.62. The molecule has 1 aliphatic heterocycles. The van der Waals surface area contributed by atoms with Crippen LogP contribution in [0, 0.1) is 0 Å². The number of aliphatic imine (C=N–C) groups is 1. The SMILES string of the molecule is C1=NCc2ccc(OCc3ccccc3)cc21. The van der Waals surface area contributed by atoms with Crippen molar-refractivity contribution in [3.05, 3.63) is 65.2 Å². The van der Waals surface area contributed by atoms with Gasteiger partial charge in [0.2, 0.25) is 0 Å². The summed E-state index contributed by atoms with van der Waals surface area (Å²) in [5.41, 5.74) is 3.63. The predicted octanol–water partition coefficient (Wildman–Crippen LogP) is 3.20. The van der Waals surface area contributed by atoms with E-state index in [1.165, 1.54) is 16.7 Å². The molecule has 0 N–H and O–H groups in total. The highest BCUT2D eigenvalue weighted by Gasteiger charge is 2.06. The van der Waals surface area contributed by atoms with E-state index in [2.05, 4.69) is 29.3 Å². The van der Waals surface area contributed by atoms with Crippen LogP contribution >= 0.6 is 0 Å². The van der Waals surface area contributed by atoms with Gasteiger partial charge in [0.25, 0.3) is 0 Å². The fourth-order valence-corrected chi connectivity index (χ4v) is 1.91. The van der Waals surface area contributed by atoms with Gasteiger partial charge in [-0.25, -0.2) is 0 Å². The highest BCUT2D eigenvalue weighted by molar-refractivity contribution is 5.84. The molecule has 2 nitrogen and oxygen atoms in total. The van der Waals surface area contributed by atoms with E-state index < -0.39 is 0 Å². The van der Waals surface area contributed by atoms with Gasteiger partial charge in [-0.1, -0.05) is 36.4 Å². The van der Waals surface area contributed by atoms with Crippen LogP contribution in [-0.4, -0.2) is 6.21 Å². The van der Waals surface area contributed by atoms with Gasteiger partial charge in [0.05, 0.1) is 6.54 Å². The van der Waals surface area contributed by atoms with Crippen LogP contribution in [0.3, 0.4) is 0 Å². The second-order valence-electron chi connectivity index (χ2n) is 4.10. The summed E-state index contributed by atoms with van der Waals surface area (Å²) in [5, 5.41) is 0. The Hall–Kier alpha value is -2.09. The molecule has 2 heteroatoms. The van der Waals surface area contributed by atoms with Crippen molar-refractivity contribution in [1.29, 1.82) is 0 Å². The summed E-state index contributed by atoms with van der Waals surface area (Å²) in [5.74, 6) is 0.904. The van der Waals surface area contributed by atoms with E-state index in [-0.39, 0.29) is 0 Å². The summed E-state index contributed by atoms with van der Waals surface area (Å²) in [7, 11) is 0. The molecule has 0 unspecified atom stereocenters. The highest BCUT2D eigenvalue weighted by atomic mass is 16.5. The first-order valence-electron chi connectivity index (χ1n) is 5.71. The first-order chi connectivity index (χ1) is 8.42. The van der Waals surface area contributed by atoms with Gasteiger partial charge in [-0.05, 0) is 23.3 Å². The zero-order valence-corrected chi connectivity index (χ0v) is 9.47. The number of ether oxygens (including phenoxy) is 1. The Balaban J connectivity index is 1.72. The van der Waals surface area contributed by atoms with Crippen molar-refractivity contribution >= 4 is 6.21 Å². The number of fused-ring (bicyclic) bond motifs is 1. The molecule has 3 rings (SSSR count). The minimum Gasteiger partial charge on any atom is -0.489 e. The van der Waals surface area contributed by atoms with Crippen LogP contribution in [-0.2, 0) is 13.2 Å². The molecule has 2 aromatic rings. The van der Waals surface area contributed by atoms with Gasteiger partial charge >= 0.3 is 0 Å². The van der Waals surface area contributed by atoms with E-state index in [0.29, 0.717) is 6.61 Å². The molecule has 0 fully saturated rings. The standard InChI is InChI=1S/C15H13NO/c1-2-4-12(5-3-1)11-17-15-7-6-13-9-16-10-14(13)8-15/h1-8,10H,9,11H2. The van der Waals surface area contributed by atoms with Crippen molar-refractivity contribution in [2.24, 2.45) is 4.99 Å². The van der Waals surface area contributed by atoms with E-state index in [0.717, 1.165) is 12.3 Å². The molecule has 1 heterocycles. The van der Waals surface area contributed by atoms with Crippen LogP contribution in [0.4, 0.5) is 0 Å². The molecule has 0 radical (unpaired) electrons. The van der Waals surface area contributed by atoms with E-state index in [9.17, 15) is 0 Å². The molecular formula is C15H13NO. The number of hydrogen-bond donors (Lipinski definition) is 0. The van der Waals surface area contributed by atoms with Crippen LogP contribution in [0.25, 0.3) is 0 Å². The molecule has 0 spiro atoms. The average Bonchev–Trinajstić information content (AvgIpc) is 2.85. The normalized spacial score (nSPS) is 12.5. The fourth-order valence-electron chi connectivity index (χ4n) is 1.91. The lowest BCUT2D eigenvalue weighted by Gasteiger charge is -2.07. The van der Waals surface area contributed by atoms with Crippen LogP contribution in [0.15, 0.2) is 53.5 Å². The van der Waals surface area contributed by atoms with E-state index in [1.807, 2.05) is 30.5 Å². The highest BCUT2D eigenvalue weighted by Crippen LogP contribution is 2.21. The average molecular weight is 223 g/mol. The van der Waals surface area contributed by atoms with Crippen LogP contribution < -0.4 is 4.74 Å². The third-order valence-corrected chi connectivity index (χ3v) is 2.86. The molecule has 0 bridgehead atoms. The van der Waals surface area contributed by atoms with Crippen molar-refractivity contribution in [3.8, 4) is 5.75 Å². The van der Waals surface area contributed by atoms with Gasteiger partial charge in [-0.2, -0.15) is 0 Å². The summed E-state index contributed by atoms with van der Waals surface area (Å²) in [6.07, 6.45) is 1.91. The number of hydrogen-bond acceptors (Lipinski definition) is 2. The quantitative estimate of drug-likeness (QED) is 0.783. The predicted molar refractivity (Wildman–Crippen MR) is 68.5 cm³/mol. The summed E-state index contributed by atoms with van der Waals surface area (Å²) in [6.45, 7) is 1.41. The van der Waals surface area contributed by atoms with Crippen molar-refractivity contribution in [2.75, 3.05) is 0 Å². The van der Waals surface area contributed by atoms with Crippen molar-refractivity contribution in [2.45, 2.75) is 13.2 Å². The van der Waals surface area contributed by atoms with Crippen LogP contribution in [0.5, 0.6) is 5.75 Å². The maximum Gasteiger partial charge on any atom is 0.120 e. The third kappa shape index (κ3) is 2.21. The number of nitrogens with zero attached hydrogens (tertiary/aromatic N) is 1. The number of benzene rings is 2. The molecule has 0 saturated carbocycles. The molecule has 2 aromatic carbocycles. The maximum atomic E-state index is 5.76. The molecular weight excluding hydrogens is 210 g/mol. The van der Waals surface area contributed by atoms with Crippen molar-refractivity contribution < 1.29 is 4.74 Å². The Morgan fingerprint density at radius 3 is 2.82 bits per heavy atom. The Morgan fingerprint density at radius 1 is 1.06 bits per heavy atom. The number of rotatable bonds is 3. The second kappa shape index (κ2) is 4.42. The Labute approximate surface area is 101 Å². The molecule has 0 aliphatic carbocycles. The topological polar surface area (TPSA) is 21.6 Å². The monoisotopic (exact) mass is 223 g/mol. The first kappa shape index (κ1) is 10.1. The van der Waals surface area contributed by atoms with E-state index >= 15 is 0 Å². The molecule has 84 valence electrons. The lowest BCUT2D eigenvalue weighted by atomic mass is 10.1. The second-order valence-corrected chi connectivity index (χ2v) is 4.10. The van der Waals surface area contributed by atoms with Gasteiger partial charge < -0.3 is 4.74 Å². The van der Waals surface area contributed by atoms with Gasteiger partial charge in [0, 0.05) is 11.8 Å². The van der Waals surface area contributed by atoms with Crippen molar-refractivity contribution in [1.82, 2.24) is 0 Å². The lowest BCUT2D eigenvalue weighted by Crippen LogP contribution is -1.96. The van der Waals surface area contributed by atoms with Crippen LogP contribution in [0.2, 0.25) is 0 Å². The fraction of sp³-hybridized carbons (Fsp3) is 0.133.